The molecule has 0 bridgehead atoms. The lowest BCUT2D eigenvalue weighted by Gasteiger charge is -2.26. The van der Waals surface area contributed by atoms with Crippen molar-refractivity contribution in [2.75, 3.05) is 44.7 Å². The van der Waals surface area contributed by atoms with Gasteiger partial charge in [0.1, 0.15) is 17.8 Å². The zero-order chi connectivity index (χ0) is 23.5. The van der Waals surface area contributed by atoms with Crippen LogP contribution in [0.5, 0.6) is 5.75 Å². The number of rotatable bonds is 9. The van der Waals surface area contributed by atoms with Crippen LogP contribution in [0.3, 0.4) is 0 Å². The van der Waals surface area contributed by atoms with Gasteiger partial charge in [0.15, 0.2) is 5.13 Å². The number of hydrogen-bond donors (Lipinski definition) is 0. The Morgan fingerprint density at radius 3 is 2.24 bits per heavy atom. The maximum atomic E-state index is 13.5. The summed E-state index contributed by atoms with van der Waals surface area (Å²) in [4.78, 5) is 48.5. The van der Waals surface area contributed by atoms with E-state index in [9.17, 15) is 14.4 Å². The first-order valence-corrected chi connectivity index (χ1v) is 11.7. The van der Waals surface area contributed by atoms with Crippen LogP contribution in [0.15, 0.2) is 42.5 Å². The van der Waals surface area contributed by atoms with E-state index >= 15 is 0 Å². The zero-order valence-corrected chi connectivity index (χ0v) is 20.9. The topological polar surface area (TPSA) is 83.0 Å². The first-order valence-electron chi connectivity index (χ1n) is 10.9. The van der Waals surface area contributed by atoms with Gasteiger partial charge in [-0.3, -0.25) is 24.2 Å². The molecule has 3 amide bonds. The maximum Gasteiger partial charge on any atom is 0.262 e. The molecule has 0 N–H and O–H groups in total. The van der Waals surface area contributed by atoms with E-state index in [1.165, 1.54) is 11.3 Å². The van der Waals surface area contributed by atoms with Crippen molar-refractivity contribution in [3.05, 3.63) is 53.6 Å². The van der Waals surface area contributed by atoms with E-state index in [1.54, 1.807) is 36.3 Å². The monoisotopic (exact) mass is 502 g/mol. The minimum absolute atomic E-state index is 0. The smallest absolute Gasteiger partial charge is 0.262 e. The van der Waals surface area contributed by atoms with E-state index in [0.717, 1.165) is 22.7 Å². The minimum atomic E-state index is -0.446. The zero-order valence-electron chi connectivity index (χ0n) is 19.3. The fourth-order valence-corrected chi connectivity index (χ4v) is 4.93. The third-order valence-electron chi connectivity index (χ3n) is 5.83. The SMILES string of the molecule is CCN(CC)CCN(C(=O)CN1C(=O)c2ccccc2C1=O)c1nc2c(OC)cccc2s1.Cl. The number of methoxy groups -OCH3 is 1. The van der Waals surface area contributed by atoms with Crippen LogP contribution >= 0.6 is 23.7 Å². The van der Waals surface area contributed by atoms with Crippen LogP contribution < -0.4 is 9.64 Å². The molecule has 4 rings (SSSR count). The molecule has 2 aromatic carbocycles. The summed E-state index contributed by atoms with van der Waals surface area (Å²) in [6, 6.07) is 12.3. The Kier molecular flexibility index (Phi) is 8.24. The fourth-order valence-electron chi connectivity index (χ4n) is 3.90. The molecule has 1 aliphatic heterocycles. The second kappa shape index (κ2) is 10.9. The number of carbonyl (C=O) groups is 3. The first-order chi connectivity index (χ1) is 16.0. The summed E-state index contributed by atoms with van der Waals surface area (Å²) in [6.45, 7) is 6.54. The van der Waals surface area contributed by atoms with Crippen LogP contribution in [0, 0.1) is 0 Å². The lowest BCUT2D eigenvalue weighted by molar-refractivity contribution is -0.119. The Bertz CT molecular complexity index is 1180. The molecule has 2 heterocycles. The van der Waals surface area contributed by atoms with E-state index < -0.39 is 11.8 Å². The summed E-state index contributed by atoms with van der Waals surface area (Å²) >= 11 is 1.38. The number of imide groups is 1. The predicted octanol–water partition coefficient (Wildman–Crippen LogP) is 3.70. The van der Waals surface area contributed by atoms with Crippen molar-refractivity contribution in [3.63, 3.8) is 0 Å². The molecule has 10 heteroatoms. The van der Waals surface area contributed by atoms with Gasteiger partial charge in [0.05, 0.1) is 22.9 Å². The number of amides is 3. The quantitative estimate of drug-likeness (QED) is 0.415. The number of para-hydroxylation sites is 1. The average Bonchev–Trinajstić information content (AvgIpc) is 3.37. The Labute approximate surface area is 208 Å². The summed E-state index contributed by atoms with van der Waals surface area (Å²) < 4.78 is 6.31. The van der Waals surface area contributed by atoms with Gasteiger partial charge in [-0.15, -0.1) is 12.4 Å². The number of likely N-dealkylation sites (N-methyl/N-ethyl adjacent to an activating group) is 1. The van der Waals surface area contributed by atoms with Crippen LogP contribution in [-0.2, 0) is 4.79 Å². The summed E-state index contributed by atoms with van der Waals surface area (Å²) in [6.07, 6.45) is 0. The molecular weight excluding hydrogens is 476 g/mol. The van der Waals surface area contributed by atoms with E-state index in [2.05, 4.69) is 23.7 Å². The van der Waals surface area contributed by atoms with Crippen molar-refractivity contribution in [1.82, 2.24) is 14.8 Å². The molecule has 0 radical (unpaired) electrons. The molecule has 0 atom stereocenters. The Morgan fingerprint density at radius 1 is 1.00 bits per heavy atom. The highest BCUT2D eigenvalue weighted by atomic mass is 35.5. The molecule has 0 unspecified atom stereocenters. The highest BCUT2D eigenvalue weighted by Gasteiger charge is 2.37. The van der Waals surface area contributed by atoms with E-state index in [-0.39, 0.29) is 24.9 Å². The van der Waals surface area contributed by atoms with E-state index in [0.29, 0.717) is 40.6 Å². The Morgan fingerprint density at radius 2 is 1.65 bits per heavy atom. The normalized spacial score (nSPS) is 12.8. The number of nitrogens with zero attached hydrogens (tertiary/aromatic N) is 4. The molecule has 3 aromatic rings. The van der Waals surface area contributed by atoms with Crippen molar-refractivity contribution in [3.8, 4) is 5.75 Å². The maximum absolute atomic E-state index is 13.5. The van der Waals surface area contributed by atoms with Crippen molar-refractivity contribution < 1.29 is 19.1 Å². The second-order valence-electron chi connectivity index (χ2n) is 7.62. The Balaban J connectivity index is 0.00000324. The van der Waals surface area contributed by atoms with Crippen molar-refractivity contribution in [2.45, 2.75) is 13.8 Å². The van der Waals surface area contributed by atoms with E-state index in [4.69, 9.17) is 4.74 Å². The van der Waals surface area contributed by atoms with Crippen LogP contribution in [0.2, 0.25) is 0 Å². The molecule has 0 saturated carbocycles. The first kappa shape index (κ1) is 25.6. The molecule has 34 heavy (non-hydrogen) atoms. The highest BCUT2D eigenvalue weighted by molar-refractivity contribution is 7.22. The molecule has 1 aromatic heterocycles. The van der Waals surface area contributed by atoms with Crippen LogP contribution in [0.1, 0.15) is 34.6 Å². The number of ether oxygens (including phenoxy) is 1. The number of aromatic nitrogens is 1. The van der Waals surface area contributed by atoms with Gasteiger partial charge in [0.25, 0.3) is 11.8 Å². The van der Waals surface area contributed by atoms with Gasteiger partial charge >= 0.3 is 0 Å². The number of benzene rings is 2. The standard InChI is InChI=1S/C24H26N4O4S.ClH/c1-4-26(5-2)13-14-27(24-25-21-18(32-3)11-8-12-19(21)33-24)20(29)15-28-22(30)16-9-6-7-10-17(16)23(28)31;/h6-12H,4-5,13-15H2,1-3H3;1H. The molecule has 0 saturated heterocycles. The molecule has 0 aliphatic carbocycles. The van der Waals surface area contributed by atoms with Crippen LogP contribution in [0.4, 0.5) is 5.13 Å². The summed E-state index contributed by atoms with van der Waals surface area (Å²) in [5.41, 5.74) is 1.34. The number of halogens is 1. The lowest BCUT2D eigenvalue weighted by atomic mass is 10.1. The summed E-state index contributed by atoms with van der Waals surface area (Å²) in [5, 5.41) is 0.517. The number of anilines is 1. The van der Waals surface area contributed by atoms with Gasteiger partial charge in [-0.1, -0.05) is 43.4 Å². The number of fused-ring (bicyclic) bond motifs is 2. The largest absolute Gasteiger partial charge is 0.494 e. The average molecular weight is 503 g/mol. The predicted molar refractivity (Wildman–Crippen MR) is 135 cm³/mol. The molecule has 180 valence electrons. The molecule has 1 aliphatic rings. The minimum Gasteiger partial charge on any atom is -0.494 e. The van der Waals surface area contributed by atoms with E-state index in [1.807, 2.05) is 18.2 Å². The molecule has 0 spiro atoms. The summed E-state index contributed by atoms with van der Waals surface area (Å²) in [5.74, 6) is -0.613. The summed E-state index contributed by atoms with van der Waals surface area (Å²) in [7, 11) is 1.58. The highest BCUT2D eigenvalue weighted by Crippen LogP contribution is 2.34. The number of hydrogen-bond acceptors (Lipinski definition) is 7. The van der Waals surface area contributed by atoms with Crippen molar-refractivity contribution >= 4 is 56.8 Å². The lowest BCUT2D eigenvalue weighted by Crippen LogP contribution is -2.45. The third-order valence-corrected chi connectivity index (χ3v) is 6.87. The number of carbonyl (C=O) groups excluding carboxylic acids is 3. The fraction of sp³-hybridized carbons (Fsp3) is 0.333. The Hall–Kier alpha value is -3.01. The molecule has 0 fully saturated rings. The second-order valence-corrected chi connectivity index (χ2v) is 8.63. The van der Waals surface area contributed by atoms with Gasteiger partial charge in [-0.2, -0.15) is 0 Å². The number of thiazole rings is 1. The third kappa shape index (κ3) is 4.77. The van der Waals surface area contributed by atoms with Crippen LogP contribution in [-0.4, -0.2) is 72.3 Å². The van der Waals surface area contributed by atoms with Gasteiger partial charge in [-0.05, 0) is 37.4 Å². The van der Waals surface area contributed by atoms with Crippen LogP contribution in [0.25, 0.3) is 10.2 Å². The van der Waals surface area contributed by atoms with Crippen molar-refractivity contribution in [1.29, 1.82) is 0 Å². The van der Waals surface area contributed by atoms with Gasteiger partial charge in [0, 0.05) is 13.1 Å². The van der Waals surface area contributed by atoms with Gasteiger partial charge in [-0.25, -0.2) is 4.98 Å². The molecule has 8 nitrogen and oxygen atoms in total. The van der Waals surface area contributed by atoms with Gasteiger partial charge in [0.2, 0.25) is 5.91 Å². The molecular formula is C24H27ClN4O4S. The van der Waals surface area contributed by atoms with Gasteiger partial charge < -0.3 is 9.64 Å². The van der Waals surface area contributed by atoms with Crippen molar-refractivity contribution in [2.24, 2.45) is 0 Å².